The summed E-state index contributed by atoms with van der Waals surface area (Å²) in [6.45, 7) is 1.96. The summed E-state index contributed by atoms with van der Waals surface area (Å²) in [7, 11) is 1.50. The molecule has 1 N–H and O–H groups in total. The quantitative estimate of drug-likeness (QED) is 0.847. The highest BCUT2D eigenvalue weighted by atomic mass is 127. The van der Waals surface area contributed by atoms with Crippen molar-refractivity contribution >= 4 is 34.2 Å². The third kappa shape index (κ3) is 3.23. The number of rotatable bonds is 3. The predicted molar refractivity (Wildman–Crippen MR) is 82.6 cm³/mol. The van der Waals surface area contributed by atoms with Crippen LogP contribution in [0.4, 0.5) is 5.69 Å². The van der Waals surface area contributed by atoms with Crippen LogP contribution in [0.25, 0.3) is 0 Å². The highest BCUT2D eigenvalue weighted by Gasteiger charge is 2.13. The average molecular weight is 368 g/mol. The topological polar surface area (TPSA) is 51.2 Å². The van der Waals surface area contributed by atoms with Gasteiger partial charge in [-0.05, 0) is 65.4 Å². The maximum Gasteiger partial charge on any atom is 0.261 e. The summed E-state index contributed by atoms with van der Waals surface area (Å²) in [5.41, 5.74) is 2.22. The van der Waals surface area contributed by atoms with E-state index >= 15 is 0 Å². The van der Waals surface area contributed by atoms with E-state index in [0.29, 0.717) is 11.4 Å². The van der Waals surface area contributed by atoms with E-state index in [2.05, 4.69) is 32.9 Å². The standard InChI is InChI=1S/C14H13IN2O2/c1-9-8-10(15)5-6-12(9)17-13(18)11-4-3-7-16-14(11)19-2/h3-8H,1-2H3,(H,17,18). The van der Waals surface area contributed by atoms with Gasteiger partial charge in [0.1, 0.15) is 5.56 Å². The number of carbonyl (C=O) groups is 1. The number of aromatic nitrogens is 1. The van der Waals surface area contributed by atoms with Gasteiger partial charge in [0.25, 0.3) is 5.91 Å². The van der Waals surface area contributed by atoms with Crippen LogP contribution in [0.15, 0.2) is 36.5 Å². The molecule has 0 aliphatic rings. The Bertz CT molecular complexity index is 614. The number of aryl methyl sites for hydroxylation is 1. The molecule has 0 saturated carbocycles. The Kier molecular flexibility index (Phi) is 4.36. The van der Waals surface area contributed by atoms with Crippen LogP contribution >= 0.6 is 22.6 Å². The van der Waals surface area contributed by atoms with Gasteiger partial charge in [-0.15, -0.1) is 0 Å². The molecule has 0 bridgehead atoms. The molecule has 2 rings (SSSR count). The van der Waals surface area contributed by atoms with Crippen molar-refractivity contribution in [1.82, 2.24) is 4.98 Å². The van der Waals surface area contributed by atoms with Crippen LogP contribution in [0.5, 0.6) is 5.88 Å². The predicted octanol–water partition coefficient (Wildman–Crippen LogP) is 3.26. The van der Waals surface area contributed by atoms with Crippen LogP contribution in [0, 0.1) is 10.5 Å². The first-order valence-electron chi connectivity index (χ1n) is 5.68. The molecule has 0 saturated heterocycles. The molecule has 0 aliphatic carbocycles. The van der Waals surface area contributed by atoms with Gasteiger partial charge in [0.2, 0.25) is 5.88 Å². The summed E-state index contributed by atoms with van der Waals surface area (Å²) >= 11 is 2.24. The number of nitrogens with zero attached hydrogens (tertiary/aromatic N) is 1. The van der Waals surface area contributed by atoms with Gasteiger partial charge >= 0.3 is 0 Å². The van der Waals surface area contributed by atoms with Gasteiger partial charge in [-0.25, -0.2) is 4.98 Å². The highest BCUT2D eigenvalue weighted by molar-refractivity contribution is 14.1. The molecule has 1 aromatic carbocycles. The molecule has 0 radical (unpaired) electrons. The number of carbonyl (C=O) groups excluding carboxylic acids is 1. The number of anilines is 1. The molecule has 1 heterocycles. The zero-order valence-corrected chi connectivity index (χ0v) is 12.8. The van der Waals surface area contributed by atoms with Crippen molar-refractivity contribution in [3.8, 4) is 5.88 Å². The van der Waals surface area contributed by atoms with Gasteiger partial charge in [0, 0.05) is 15.5 Å². The lowest BCUT2D eigenvalue weighted by atomic mass is 10.2. The van der Waals surface area contributed by atoms with Crippen LogP contribution in [0.2, 0.25) is 0 Å². The number of methoxy groups -OCH3 is 1. The zero-order valence-electron chi connectivity index (χ0n) is 10.6. The van der Waals surface area contributed by atoms with Crippen LogP contribution in [-0.4, -0.2) is 18.0 Å². The lowest BCUT2D eigenvalue weighted by molar-refractivity contribution is 0.102. The molecule has 0 unspecified atom stereocenters. The van der Waals surface area contributed by atoms with Crippen molar-refractivity contribution in [2.75, 3.05) is 12.4 Å². The Morgan fingerprint density at radius 1 is 1.37 bits per heavy atom. The van der Waals surface area contributed by atoms with E-state index in [1.165, 1.54) is 7.11 Å². The summed E-state index contributed by atoms with van der Waals surface area (Å²) in [5, 5.41) is 2.87. The molecule has 0 atom stereocenters. The van der Waals surface area contributed by atoms with Crippen molar-refractivity contribution in [2.24, 2.45) is 0 Å². The van der Waals surface area contributed by atoms with Gasteiger partial charge in [-0.1, -0.05) is 0 Å². The average Bonchev–Trinajstić information content (AvgIpc) is 2.41. The second-order valence-electron chi connectivity index (χ2n) is 3.97. The Balaban J connectivity index is 2.26. The summed E-state index contributed by atoms with van der Waals surface area (Å²) < 4.78 is 6.21. The number of pyridine rings is 1. The Labute approximate surface area is 125 Å². The molecule has 19 heavy (non-hydrogen) atoms. The molecule has 1 amide bonds. The van der Waals surface area contributed by atoms with Crippen molar-refractivity contribution < 1.29 is 9.53 Å². The number of hydrogen-bond acceptors (Lipinski definition) is 3. The molecule has 0 aliphatic heterocycles. The van der Waals surface area contributed by atoms with E-state index < -0.39 is 0 Å². The van der Waals surface area contributed by atoms with Gasteiger partial charge in [-0.3, -0.25) is 4.79 Å². The Hall–Kier alpha value is -1.63. The van der Waals surface area contributed by atoms with Gasteiger partial charge in [0.15, 0.2) is 0 Å². The molecule has 98 valence electrons. The normalized spacial score (nSPS) is 10.1. The summed E-state index contributed by atoms with van der Waals surface area (Å²) in [4.78, 5) is 16.2. The van der Waals surface area contributed by atoms with Gasteiger partial charge in [-0.2, -0.15) is 0 Å². The van der Waals surface area contributed by atoms with Crippen LogP contribution in [-0.2, 0) is 0 Å². The van der Waals surface area contributed by atoms with Gasteiger partial charge < -0.3 is 10.1 Å². The first kappa shape index (κ1) is 13.8. The number of ether oxygens (including phenoxy) is 1. The number of amides is 1. The zero-order chi connectivity index (χ0) is 13.8. The van der Waals surface area contributed by atoms with Crippen LogP contribution < -0.4 is 10.1 Å². The number of benzene rings is 1. The SMILES string of the molecule is COc1ncccc1C(=O)Nc1ccc(I)cc1C. The molecule has 2 aromatic rings. The molecular weight excluding hydrogens is 355 g/mol. The lowest BCUT2D eigenvalue weighted by Crippen LogP contribution is -2.14. The third-order valence-corrected chi connectivity index (χ3v) is 3.32. The van der Waals surface area contributed by atoms with E-state index in [0.717, 1.165) is 14.8 Å². The number of nitrogens with one attached hydrogen (secondary N) is 1. The highest BCUT2D eigenvalue weighted by Crippen LogP contribution is 2.20. The Morgan fingerprint density at radius 2 is 2.16 bits per heavy atom. The molecule has 1 aromatic heterocycles. The summed E-state index contributed by atoms with van der Waals surface area (Å²) in [5.74, 6) is 0.0948. The second-order valence-corrected chi connectivity index (χ2v) is 5.22. The van der Waals surface area contributed by atoms with Crippen molar-refractivity contribution in [3.05, 3.63) is 51.2 Å². The van der Waals surface area contributed by atoms with E-state index in [-0.39, 0.29) is 5.91 Å². The van der Waals surface area contributed by atoms with Gasteiger partial charge in [0.05, 0.1) is 7.11 Å². The monoisotopic (exact) mass is 368 g/mol. The fourth-order valence-electron chi connectivity index (χ4n) is 1.68. The fraction of sp³-hybridized carbons (Fsp3) is 0.143. The second kappa shape index (κ2) is 6.01. The third-order valence-electron chi connectivity index (χ3n) is 2.65. The Morgan fingerprint density at radius 3 is 2.84 bits per heavy atom. The first-order valence-corrected chi connectivity index (χ1v) is 6.76. The number of halogens is 1. The minimum atomic E-state index is -0.228. The van der Waals surface area contributed by atoms with Crippen molar-refractivity contribution in [2.45, 2.75) is 6.92 Å². The van der Waals surface area contributed by atoms with E-state index in [4.69, 9.17) is 4.74 Å². The van der Waals surface area contributed by atoms with E-state index in [1.54, 1.807) is 18.3 Å². The van der Waals surface area contributed by atoms with E-state index in [1.807, 2.05) is 25.1 Å². The first-order chi connectivity index (χ1) is 9.11. The maximum absolute atomic E-state index is 12.2. The van der Waals surface area contributed by atoms with E-state index in [9.17, 15) is 4.79 Å². The van der Waals surface area contributed by atoms with Crippen LogP contribution in [0.1, 0.15) is 15.9 Å². The largest absolute Gasteiger partial charge is 0.480 e. The summed E-state index contributed by atoms with van der Waals surface area (Å²) in [6, 6.07) is 9.24. The number of hydrogen-bond donors (Lipinski definition) is 1. The summed E-state index contributed by atoms with van der Waals surface area (Å²) in [6.07, 6.45) is 1.59. The molecule has 0 fully saturated rings. The minimum absolute atomic E-state index is 0.228. The molecule has 4 nitrogen and oxygen atoms in total. The fourth-order valence-corrected chi connectivity index (χ4v) is 2.33. The van der Waals surface area contributed by atoms with Crippen molar-refractivity contribution in [1.29, 1.82) is 0 Å². The van der Waals surface area contributed by atoms with Crippen molar-refractivity contribution in [3.63, 3.8) is 0 Å². The molecule has 0 spiro atoms. The molecule has 5 heteroatoms. The lowest BCUT2D eigenvalue weighted by Gasteiger charge is -2.10. The molecular formula is C14H13IN2O2. The smallest absolute Gasteiger partial charge is 0.261 e. The van der Waals surface area contributed by atoms with Crippen LogP contribution in [0.3, 0.4) is 0 Å². The minimum Gasteiger partial charge on any atom is -0.480 e. The maximum atomic E-state index is 12.2.